The second-order valence-electron chi connectivity index (χ2n) is 3.82. The largest absolute Gasteiger partial charge is 0.481 e. The van der Waals surface area contributed by atoms with Crippen molar-refractivity contribution in [3.8, 4) is 0 Å². The van der Waals surface area contributed by atoms with Crippen LogP contribution in [0.1, 0.15) is 12.8 Å². The quantitative estimate of drug-likeness (QED) is 0.794. The van der Waals surface area contributed by atoms with Gasteiger partial charge in [-0.3, -0.25) is 4.79 Å². The molecule has 1 saturated heterocycles. The number of anilines is 1. The van der Waals surface area contributed by atoms with Gasteiger partial charge in [0.1, 0.15) is 17.3 Å². The monoisotopic (exact) mass is 241 g/mol. The number of hydrogen-bond acceptors (Lipinski definition) is 4. The molecule has 16 heavy (non-hydrogen) atoms. The lowest BCUT2D eigenvalue weighted by Gasteiger charge is -2.31. The van der Waals surface area contributed by atoms with Crippen molar-refractivity contribution in [2.24, 2.45) is 5.92 Å². The van der Waals surface area contributed by atoms with E-state index in [1.807, 2.05) is 4.90 Å². The summed E-state index contributed by atoms with van der Waals surface area (Å²) in [5.74, 6) is -0.363. The van der Waals surface area contributed by atoms with E-state index in [-0.39, 0.29) is 5.92 Å². The second-order valence-corrected chi connectivity index (χ2v) is 4.21. The molecule has 0 saturated carbocycles. The van der Waals surface area contributed by atoms with Crippen LogP contribution in [0.5, 0.6) is 0 Å². The fourth-order valence-corrected chi connectivity index (χ4v) is 2.03. The van der Waals surface area contributed by atoms with Gasteiger partial charge in [-0.1, -0.05) is 11.6 Å². The van der Waals surface area contributed by atoms with Gasteiger partial charge in [0.2, 0.25) is 0 Å². The number of halogens is 1. The molecule has 0 radical (unpaired) electrons. The highest BCUT2D eigenvalue weighted by atomic mass is 35.5. The summed E-state index contributed by atoms with van der Waals surface area (Å²) in [6.45, 7) is 1.31. The van der Waals surface area contributed by atoms with Gasteiger partial charge in [-0.2, -0.15) is 0 Å². The molecule has 0 aromatic carbocycles. The maximum absolute atomic E-state index is 10.9. The van der Waals surface area contributed by atoms with Crippen molar-refractivity contribution < 1.29 is 9.90 Å². The summed E-state index contributed by atoms with van der Waals surface area (Å²) in [6.07, 6.45) is 2.98. The molecule has 1 aromatic heterocycles. The zero-order chi connectivity index (χ0) is 11.5. The van der Waals surface area contributed by atoms with Crippen molar-refractivity contribution in [1.29, 1.82) is 0 Å². The van der Waals surface area contributed by atoms with Crippen LogP contribution in [0.15, 0.2) is 12.4 Å². The number of carboxylic acid groups (broad SMARTS) is 1. The molecule has 0 amide bonds. The molecule has 6 heteroatoms. The Balaban J connectivity index is 2.12. The van der Waals surface area contributed by atoms with Gasteiger partial charge in [0.15, 0.2) is 0 Å². The molecule has 5 nitrogen and oxygen atoms in total. The summed E-state index contributed by atoms with van der Waals surface area (Å²) >= 11 is 5.77. The van der Waals surface area contributed by atoms with Gasteiger partial charge >= 0.3 is 5.97 Å². The topological polar surface area (TPSA) is 66.3 Å². The number of nitrogens with zero attached hydrogens (tertiary/aromatic N) is 3. The van der Waals surface area contributed by atoms with E-state index in [1.165, 1.54) is 6.33 Å². The highest BCUT2D eigenvalue weighted by Gasteiger charge is 2.26. The first-order valence-corrected chi connectivity index (χ1v) is 5.50. The first-order chi connectivity index (χ1) is 7.66. The van der Waals surface area contributed by atoms with E-state index < -0.39 is 5.97 Å². The minimum atomic E-state index is -0.746. The molecular weight excluding hydrogens is 230 g/mol. The van der Waals surface area contributed by atoms with Gasteiger partial charge in [-0.05, 0) is 12.8 Å². The summed E-state index contributed by atoms with van der Waals surface area (Å²) in [5.41, 5.74) is 0. The van der Waals surface area contributed by atoms with Crippen LogP contribution in [-0.4, -0.2) is 34.1 Å². The SMILES string of the molecule is O=C(O)[C@H]1CCCN(c2cc(Cl)ncn2)C1. The second kappa shape index (κ2) is 4.65. The molecular formula is C10H12ClN3O2. The molecule has 2 heterocycles. The predicted molar refractivity (Wildman–Crippen MR) is 59.6 cm³/mol. The highest BCUT2D eigenvalue weighted by Crippen LogP contribution is 2.22. The smallest absolute Gasteiger partial charge is 0.308 e. The summed E-state index contributed by atoms with van der Waals surface area (Å²) in [7, 11) is 0. The number of piperidine rings is 1. The summed E-state index contributed by atoms with van der Waals surface area (Å²) in [6, 6.07) is 1.66. The Bertz CT molecular complexity index is 399. The van der Waals surface area contributed by atoms with E-state index in [0.717, 1.165) is 19.4 Å². The first-order valence-electron chi connectivity index (χ1n) is 5.12. The van der Waals surface area contributed by atoms with Gasteiger partial charge in [-0.25, -0.2) is 9.97 Å². The van der Waals surface area contributed by atoms with Gasteiger partial charge in [0.25, 0.3) is 0 Å². The van der Waals surface area contributed by atoms with Gasteiger partial charge in [-0.15, -0.1) is 0 Å². The Morgan fingerprint density at radius 2 is 2.38 bits per heavy atom. The number of hydrogen-bond donors (Lipinski definition) is 1. The van der Waals surface area contributed by atoms with Gasteiger partial charge < -0.3 is 10.0 Å². The fourth-order valence-electron chi connectivity index (χ4n) is 1.88. The number of carboxylic acids is 1. The third kappa shape index (κ3) is 2.41. The summed E-state index contributed by atoms with van der Waals surface area (Å²) in [4.78, 5) is 20.7. The van der Waals surface area contributed by atoms with E-state index in [9.17, 15) is 4.79 Å². The number of aliphatic carboxylic acids is 1. The molecule has 1 fully saturated rings. The van der Waals surface area contributed by atoms with Crippen LogP contribution in [0.3, 0.4) is 0 Å². The molecule has 86 valence electrons. The fraction of sp³-hybridized carbons (Fsp3) is 0.500. The normalized spacial score (nSPS) is 20.8. The maximum Gasteiger partial charge on any atom is 0.308 e. The molecule has 1 aliphatic rings. The standard InChI is InChI=1S/C10H12ClN3O2/c11-8-4-9(13-6-12-8)14-3-1-2-7(5-14)10(15)16/h4,6-7H,1-3,5H2,(H,15,16)/t7-/m0/s1. The number of carbonyl (C=O) groups is 1. The van der Waals surface area contributed by atoms with Crippen LogP contribution < -0.4 is 4.90 Å². The molecule has 1 aromatic rings. The van der Waals surface area contributed by atoms with Crippen molar-refractivity contribution in [2.45, 2.75) is 12.8 Å². The predicted octanol–water partition coefficient (Wildman–Crippen LogP) is 1.43. The van der Waals surface area contributed by atoms with Crippen LogP contribution in [0, 0.1) is 5.92 Å². The highest BCUT2D eigenvalue weighted by molar-refractivity contribution is 6.29. The van der Waals surface area contributed by atoms with E-state index in [4.69, 9.17) is 16.7 Å². The minimum Gasteiger partial charge on any atom is -0.481 e. The lowest BCUT2D eigenvalue weighted by Crippen LogP contribution is -2.39. The van der Waals surface area contributed by atoms with Crippen LogP contribution >= 0.6 is 11.6 Å². The van der Waals surface area contributed by atoms with Gasteiger partial charge in [0, 0.05) is 19.2 Å². The lowest BCUT2D eigenvalue weighted by atomic mass is 9.98. The average Bonchev–Trinajstić information content (AvgIpc) is 2.29. The summed E-state index contributed by atoms with van der Waals surface area (Å²) < 4.78 is 0. The molecule has 0 unspecified atom stereocenters. The third-order valence-corrected chi connectivity index (χ3v) is 2.92. The van der Waals surface area contributed by atoms with E-state index in [2.05, 4.69) is 9.97 Å². The van der Waals surface area contributed by atoms with Gasteiger partial charge in [0.05, 0.1) is 5.92 Å². The first kappa shape index (κ1) is 11.1. The molecule has 0 aliphatic carbocycles. The lowest BCUT2D eigenvalue weighted by molar-refractivity contribution is -0.141. The Hall–Kier alpha value is -1.36. The average molecular weight is 242 g/mol. The number of rotatable bonds is 2. The van der Waals surface area contributed by atoms with Crippen LogP contribution in [-0.2, 0) is 4.79 Å². The molecule has 1 N–H and O–H groups in total. The van der Waals surface area contributed by atoms with Crippen molar-refractivity contribution >= 4 is 23.4 Å². The van der Waals surface area contributed by atoms with E-state index in [0.29, 0.717) is 17.5 Å². The van der Waals surface area contributed by atoms with Crippen molar-refractivity contribution in [3.63, 3.8) is 0 Å². The zero-order valence-corrected chi connectivity index (χ0v) is 9.39. The molecule has 0 bridgehead atoms. The Morgan fingerprint density at radius 1 is 1.56 bits per heavy atom. The molecule has 1 atom stereocenters. The van der Waals surface area contributed by atoms with E-state index >= 15 is 0 Å². The zero-order valence-electron chi connectivity index (χ0n) is 8.64. The van der Waals surface area contributed by atoms with E-state index in [1.54, 1.807) is 6.07 Å². The Labute approximate surface area is 98.1 Å². The van der Waals surface area contributed by atoms with Crippen LogP contribution in [0.4, 0.5) is 5.82 Å². The van der Waals surface area contributed by atoms with Crippen molar-refractivity contribution in [3.05, 3.63) is 17.5 Å². The van der Waals surface area contributed by atoms with Crippen molar-refractivity contribution in [1.82, 2.24) is 9.97 Å². The van der Waals surface area contributed by atoms with Crippen LogP contribution in [0.25, 0.3) is 0 Å². The Morgan fingerprint density at radius 3 is 3.06 bits per heavy atom. The molecule has 2 rings (SSSR count). The van der Waals surface area contributed by atoms with Crippen molar-refractivity contribution in [2.75, 3.05) is 18.0 Å². The summed E-state index contributed by atoms with van der Waals surface area (Å²) in [5, 5.41) is 9.35. The minimum absolute atomic E-state index is 0.317. The molecule has 1 aliphatic heterocycles. The molecule has 0 spiro atoms. The number of aromatic nitrogens is 2. The maximum atomic E-state index is 10.9. The third-order valence-electron chi connectivity index (χ3n) is 2.71. The van der Waals surface area contributed by atoms with Crippen LogP contribution in [0.2, 0.25) is 5.15 Å². The Kier molecular flexibility index (Phi) is 3.24.